The predicted molar refractivity (Wildman–Crippen MR) is 132 cm³/mol. The molecule has 3 N–H and O–H groups in total. The van der Waals surface area contributed by atoms with Gasteiger partial charge in [0, 0.05) is 18.8 Å². The molecule has 0 aliphatic heterocycles. The fourth-order valence-corrected chi connectivity index (χ4v) is 5.14. The molecule has 4 aromatic rings. The van der Waals surface area contributed by atoms with Crippen LogP contribution in [0, 0.1) is 12.8 Å². The number of aromatic amines is 2. The van der Waals surface area contributed by atoms with Crippen molar-refractivity contribution in [3.63, 3.8) is 0 Å². The Labute approximate surface area is 208 Å². The lowest BCUT2D eigenvalue weighted by atomic mass is 9.77. The number of rotatable bonds is 5. The van der Waals surface area contributed by atoms with E-state index in [0.717, 1.165) is 25.7 Å². The zero-order valence-electron chi connectivity index (χ0n) is 21.9. The van der Waals surface area contributed by atoms with E-state index < -0.39 is 18.6 Å². The third kappa shape index (κ3) is 4.59. The van der Waals surface area contributed by atoms with Crippen molar-refractivity contribution < 1.29 is 15.3 Å². The summed E-state index contributed by atoms with van der Waals surface area (Å²) in [6.07, 6.45) is 1.19. The molecule has 0 spiro atoms. The van der Waals surface area contributed by atoms with Gasteiger partial charge in [0.25, 0.3) is 6.43 Å². The molecule has 1 aliphatic carbocycles. The van der Waals surface area contributed by atoms with E-state index in [4.69, 9.17) is 6.36 Å². The van der Waals surface area contributed by atoms with Gasteiger partial charge >= 0.3 is 0 Å². The number of nitrogens with zero attached hydrogens (tertiary/aromatic N) is 6. The molecule has 0 radical (unpaired) electrons. The predicted octanol–water partition coefficient (Wildman–Crippen LogP) is 3.34. The van der Waals surface area contributed by atoms with E-state index in [1.165, 1.54) is 4.57 Å². The Balaban J connectivity index is 1.56. The standard InChI is InChI=1S/C25H32F2N8O/c1-14-29-19-10-9-18(31-23(19)34(14)13-20(26)27)17-11-12-35-21(17)22(28-4)32-24(33-35)30-16-7-5-15(6-8-16)25(2,3)36/h9-12,15-16,20,36H,5-8,13H2,1-4H3,(H2,28,30,32,33)/i12D. The first-order valence-corrected chi connectivity index (χ1v) is 12.2. The number of alkyl halides is 2. The molecule has 0 unspecified atom stereocenters. The maximum Gasteiger partial charge on any atom is 0.256 e. The van der Waals surface area contributed by atoms with Crippen LogP contribution in [0.3, 0.4) is 0 Å². The molecule has 11 heteroatoms. The molecule has 36 heavy (non-hydrogen) atoms. The normalized spacial score (nSPS) is 20.7. The lowest BCUT2D eigenvalue weighted by molar-refractivity contribution is -0.00126. The molecule has 5 rings (SSSR count). The van der Waals surface area contributed by atoms with Crippen molar-refractivity contribution in [2.45, 2.75) is 71.1 Å². The Hall–Kier alpha value is -3.34. The third-order valence-corrected chi connectivity index (χ3v) is 7.11. The molecule has 192 valence electrons. The van der Waals surface area contributed by atoms with E-state index in [2.05, 4.69) is 25.0 Å². The number of aromatic nitrogens is 6. The molecular weight excluding hydrogens is 466 g/mol. The minimum atomic E-state index is -2.53. The average Bonchev–Trinajstić information content (AvgIpc) is 3.34. The summed E-state index contributed by atoms with van der Waals surface area (Å²) in [5.74, 6) is 0.727. The first-order chi connectivity index (χ1) is 17.5. The summed E-state index contributed by atoms with van der Waals surface area (Å²) < 4.78 is 37.9. The van der Waals surface area contributed by atoms with E-state index >= 15 is 0 Å². The maximum absolute atomic E-state index is 13.2. The van der Waals surface area contributed by atoms with Gasteiger partial charge in [0.1, 0.15) is 16.9 Å². The average molecular weight is 500 g/mol. The Morgan fingerprint density at radius 2 is 1.97 bits per heavy atom. The SMILES string of the molecule is [2H]c1cc(-c2ccc3nc(C)n(CC(F)F)c3n2)c2c(=NC)[nH]c(=NC3CCC(C(C)(C)O)CC3)[nH]n12. The van der Waals surface area contributed by atoms with Crippen LogP contribution >= 0.6 is 0 Å². The van der Waals surface area contributed by atoms with Crippen molar-refractivity contribution >= 4 is 16.7 Å². The van der Waals surface area contributed by atoms with E-state index in [1.54, 1.807) is 36.7 Å². The number of aryl methyl sites for hydroxylation is 1. The summed E-state index contributed by atoms with van der Waals surface area (Å²) >= 11 is 0. The second kappa shape index (κ2) is 9.27. The number of fused-ring (bicyclic) bond motifs is 2. The lowest BCUT2D eigenvalue weighted by Crippen LogP contribution is -2.36. The van der Waals surface area contributed by atoms with Gasteiger partial charge in [0.15, 0.2) is 11.1 Å². The van der Waals surface area contributed by atoms with Gasteiger partial charge in [-0.3, -0.25) is 14.6 Å². The first-order valence-electron chi connectivity index (χ1n) is 12.7. The summed E-state index contributed by atoms with van der Waals surface area (Å²) in [4.78, 5) is 21.5. The maximum atomic E-state index is 13.2. The topological polar surface area (TPSA) is 112 Å². The van der Waals surface area contributed by atoms with E-state index in [-0.39, 0.29) is 18.1 Å². The first kappa shape index (κ1) is 23.1. The highest BCUT2D eigenvalue weighted by molar-refractivity contribution is 5.82. The largest absolute Gasteiger partial charge is 0.390 e. The minimum Gasteiger partial charge on any atom is -0.390 e. The zero-order valence-corrected chi connectivity index (χ0v) is 20.9. The summed E-state index contributed by atoms with van der Waals surface area (Å²) in [6, 6.07) is 5.29. The molecule has 1 aliphatic rings. The second-order valence-electron chi connectivity index (χ2n) is 10.0. The van der Waals surface area contributed by atoms with Gasteiger partial charge in [-0.05, 0) is 70.6 Å². The Kier molecular flexibility index (Phi) is 5.94. The molecule has 1 saturated carbocycles. The van der Waals surface area contributed by atoms with Gasteiger partial charge in [-0.2, -0.15) is 0 Å². The molecular formula is C25H32F2N8O. The monoisotopic (exact) mass is 499 g/mol. The van der Waals surface area contributed by atoms with Crippen molar-refractivity contribution in [3.05, 3.63) is 41.3 Å². The van der Waals surface area contributed by atoms with Crippen LogP contribution in [0.15, 0.2) is 34.4 Å². The second-order valence-corrected chi connectivity index (χ2v) is 10.0. The Morgan fingerprint density at radius 1 is 1.22 bits per heavy atom. The number of imidazole rings is 1. The highest BCUT2D eigenvalue weighted by Gasteiger charge is 2.31. The molecule has 0 saturated heterocycles. The molecule has 9 nitrogen and oxygen atoms in total. The van der Waals surface area contributed by atoms with Crippen LogP contribution in [-0.4, -0.2) is 59.4 Å². The number of hydrogen-bond donors (Lipinski definition) is 3. The molecule has 4 heterocycles. The zero-order chi connectivity index (χ0) is 26.5. The smallest absolute Gasteiger partial charge is 0.256 e. The minimum absolute atomic E-state index is 0.0971. The van der Waals surface area contributed by atoms with Crippen molar-refractivity contribution in [2.24, 2.45) is 15.9 Å². The highest BCUT2D eigenvalue weighted by atomic mass is 19.3. The number of pyridine rings is 1. The van der Waals surface area contributed by atoms with E-state index in [9.17, 15) is 13.9 Å². The van der Waals surface area contributed by atoms with Crippen LogP contribution in [0.1, 0.15) is 46.7 Å². The van der Waals surface area contributed by atoms with Crippen LogP contribution < -0.4 is 11.1 Å². The van der Waals surface area contributed by atoms with Gasteiger partial charge in [-0.1, -0.05) is 0 Å². The molecule has 4 aromatic heterocycles. The Morgan fingerprint density at radius 3 is 2.64 bits per heavy atom. The lowest BCUT2D eigenvalue weighted by Gasteiger charge is -2.34. The van der Waals surface area contributed by atoms with E-state index in [1.807, 2.05) is 13.8 Å². The molecule has 0 aromatic carbocycles. The fourth-order valence-electron chi connectivity index (χ4n) is 5.14. The Bertz CT molecular complexity index is 1580. The molecule has 0 atom stereocenters. The van der Waals surface area contributed by atoms with Gasteiger partial charge in [-0.25, -0.2) is 23.7 Å². The highest BCUT2D eigenvalue weighted by Crippen LogP contribution is 2.33. The van der Waals surface area contributed by atoms with Crippen LogP contribution in [0.2, 0.25) is 0 Å². The van der Waals surface area contributed by atoms with Crippen molar-refractivity contribution in [1.82, 2.24) is 29.1 Å². The van der Waals surface area contributed by atoms with Gasteiger partial charge in [0.05, 0.1) is 25.3 Å². The van der Waals surface area contributed by atoms with Crippen LogP contribution in [-0.2, 0) is 6.54 Å². The number of hydrogen-bond acceptors (Lipinski definition) is 5. The number of halogens is 2. The molecule has 1 fully saturated rings. The molecule has 0 bridgehead atoms. The van der Waals surface area contributed by atoms with E-state index in [0.29, 0.717) is 44.9 Å². The fraction of sp³-hybridized carbons (Fsp3) is 0.520. The van der Waals surface area contributed by atoms with Gasteiger partial charge in [-0.15, -0.1) is 0 Å². The van der Waals surface area contributed by atoms with Gasteiger partial charge < -0.3 is 14.7 Å². The number of H-pyrrole nitrogens is 2. The summed E-state index contributed by atoms with van der Waals surface area (Å²) in [5, 5.41) is 13.5. The number of aliphatic hydroxyl groups is 1. The van der Waals surface area contributed by atoms with Crippen molar-refractivity contribution in [1.29, 1.82) is 0 Å². The summed E-state index contributed by atoms with van der Waals surface area (Å²) in [6.45, 7) is 4.91. The number of nitrogens with one attached hydrogen (secondary N) is 2. The summed E-state index contributed by atoms with van der Waals surface area (Å²) in [5.41, 5.74) is 3.03. The summed E-state index contributed by atoms with van der Waals surface area (Å²) in [7, 11) is 1.66. The van der Waals surface area contributed by atoms with Crippen LogP contribution in [0.5, 0.6) is 0 Å². The van der Waals surface area contributed by atoms with Crippen LogP contribution in [0.4, 0.5) is 8.78 Å². The third-order valence-electron chi connectivity index (χ3n) is 7.11. The van der Waals surface area contributed by atoms with Gasteiger partial charge in [0.2, 0.25) is 5.62 Å². The quantitative estimate of drug-likeness (QED) is 0.392. The van der Waals surface area contributed by atoms with Crippen LogP contribution in [0.25, 0.3) is 27.9 Å². The van der Waals surface area contributed by atoms with Crippen molar-refractivity contribution in [3.8, 4) is 11.3 Å². The molecule has 0 amide bonds. The van der Waals surface area contributed by atoms with Crippen molar-refractivity contribution in [2.75, 3.05) is 7.05 Å².